The molecule has 0 aromatic rings. The molecule has 0 aromatic heterocycles. The molecule has 2 aliphatic rings. The zero-order chi connectivity index (χ0) is 10.2. The van der Waals surface area contributed by atoms with Gasteiger partial charge in [0.25, 0.3) is 9.84 Å². The van der Waals surface area contributed by atoms with Gasteiger partial charge in [0.15, 0.2) is 4.36 Å². The van der Waals surface area contributed by atoms with E-state index < -0.39 is 9.84 Å². The maximum Gasteiger partial charge on any atom is 0.252 e. The van der Waals surface area contributed by atoms with Crippen molar-refractivity contribution in [2.24, 2.45) is 4.99 Å². The lowest BCUT2D eigenvalue weighted by Crippen LogP contribution is -2.48. The highest BCUT2D eigenvalue weighted by atomic mass is 35.5. The third-order valence-corrected chi connectivity index (χ3v) is 4.33. The molecule has 0 bridgehead atoms. The maximum absolute atomic E-state index is 11.6. The molecular formula is C7H10ClN3O2S. The van der Waals surface area contributed by atoms with Crippen LogP contribution in [0, 0.1) is 0 Å². The molecule has 0 saturated carbocycles. The normalized spacial score (nSPS) is 25.9. The Morgan fingerprint density at radius 3 is 2.57 bits per heavy atom. The van der Waals surface area contributed by atoms with Crippen LogP contribution in [-0.4, -0.2) is 44.7 Å². The van der Waals surface area contributed by atoms with Crippen molar-refractivity contribution in [2.45, 2.75) is 0 Å². The first-order valence-corrected chi connectivity index (χ1v) is 6.13. The SMILES string of the molecule is O=S1(=O)C(Cl)=CN=C1N1CCNCC1. The third kappa shape index (κ3) is 1.53. The van der Waals surface area contributed by atoms with E-state index in [1.54, 1.807) is 4.90 Å². The summed E-state index contributed by atoms with van der Waals surface area (Å²) in [6.07, 6.45) is 1.19. The third-order valence-electron chi connectivity index (χ3n) is 2.16. The molecule has 1 saturated heterocycles. The van der Waals surface area contributed by atoms with Crippen LogP contribution >= 0.6 is 11.6 Å². The van der Waals surface area contributed by atoms with Gasteiger partial charge in [-0.25, -0.2) is 13.4 Å². The molecule has 2 rings (SSSR count). The fourth-order valence-corrected chi connectivity index (χ4v) is 2.78. The zero-order valence-electron chi connectivity index (χ0n) is 7.40. The van der Waals surface area contributed by atoms with E-state index in [0.717, 1.165) is 13.1 Å². The number of piperazine rings is 1. The molecule has 1 fully saturated rings. The highest BCUT2D eigenvalue weighted by Gasteiger charge is 2.33. The van der Waals surface area contributed by atoms with E-state index in [9.17, 15) is 8.42 Å². The molecule has 0 spiro atoms. The summed E-state index contributed by atoms with van der Waals surface area (Å²) in [6, 6.07) is 0. The van der Waals surface area contributed by atoms with Crippen LogP contribution in [-0.2, 0) is 9.84 Å². The van der Waals surface area contributed by atoms with Crippen LogP contribution in [0.3, 0.4) is 0 Å². The second-order valence-electron chi connectivity index (χ2n) is 3.09. The predicted octanol–water partition coefficient (Wildman–Crippen LogP) is -0.286. The minimum Gasteiger partial charge on any atom is -0.344 e. The van der Waals surface area contributed by atoms with Gasteiger partial charge in [-0.1, -0.05) is 11.6 Å². The summed E-state index contributed by atoms with van der Waals surface area (Å²) in [5, 5.41) is 3.22. The van der Waals surface area contributed by atoms with Gasteiger partial charge in [-0.2, -0.15) is 0 Å². The summed E-state index contributed by atoms with van der Waals surface area (Å²) in [5.74, 6) is 0. The lowest BCUT2D eigenvalue weighted by molar-refractivity contribution is 0.361. The zero-order valence-corrected chi connectivity index (χ0v) is 8.98. The molecule has 78 valence electrons. The lowest BCUT2D eigenvalue weighted by Gasteiger charge is -2.28. The largest absolute Gasteiger partial charge is 0.344 e. The number of nitrogens with zero attached hydrogens (tertiary/aromatic N) is 2. The summed E-state index contributed by atoms with van der Waals surface area (Å²) in [7, 11) is -3.49. The van der Waals surface area contributed by atoms with Crippen LogP contribution < -0.4 is 5.32 Å². The molecule has 7 heteroatoms. The van der Waals surface area contributed by atoms with Crippen LogP contribution in [0.15, 0.2) is 15.6 Å². The number of amidine groups is 1. The second kappa shape index (κ2) is 3.52. The highest BCUT2D eigenvalue weighted by Crippen LogP contribution is 2.22. The minimum absolute atomic E-state index is 0.0870. The van der Waals surface area contributed by atoms with Crippen molar-refractivity contribution in [3.8, 4) is 0 Å². The molecule has 0 amide bonds. The van der Waals surface area contributed by atoms with Crippen molar-refractivity contribution >= 4 is 26.6 Å². The molecule has 14 heavy (non-hydrogen) atoms. The summed E-state index contributed by atoms with van der Waals surface area (Å²) in [4.78, 5) is 5.56. The van der Waals surface area contributed by atoms with Crippen molar-refractivity contribution in [1.82, 2.24) is 10.2 Å². The lowest BCUT2D eigenvalue weighted by atomic mass is 10.4. The number of rotatable bonds is 0. The van der Waals surface area contributed by atoms with Gasteiger partial charge in [-0.05, 0) is 0 Å². The summed E-state index contributed by atoms with van der Waals surface area (Å²) < 4.78 is 23.0. The van der Waals surface area contributed by atoms with Gasteiger partial charge < -0.3 is 10.2 Å². The average molecular weight is 236 g/mol. The quantitative estimate of drug-likeness (QED) is 0.627. The molecule has 5 nitrogen and oxygen atoms in total. The first kappa shape index (κ1) is 9.95. The van der Waals surface area contributed by atoms with Gasteiger partial charge >= 0.3 is 0 Å². The van der Waals surface area contributed by atoms with Gasteiger partial charge in [0, 0.05) is 26.2 Å². The predicted molar refractivity (Wildman–Crippen MR) is 54.7 cm³/mol. The maximum atomic E-state index is 11.6. The van der Waals surface area contributed by atoms with E-state index >= 15 is 0 Å². The smallest absolute Gasteiger partial charge is 0.252 e. The van der Waals surface area contributed by atoms with Crippen LogP contribution in [0.2, 0.25) is 0 Å². The van der Waals surface area contributed by atoms with Gasteiger partial charge in [-0.15, -0.1) is 0 Å². The Labute approximate surface area is 87.4 Å². The monoisotopic (exact) mass is 235 g/mol. The number of halogens is 1. The van der Waals surface area contributed by atoms with E-state index in [4.69, 9.17) is 11.6 Å². The molecule has 0 unspecified atom stereocenters. The second-order valence-corrected chi connectivity index (χ2v) is 5.53. The Morgan fingerprint density at radius 1 is 1.43 bits per heavy atom. The van der Waals surface area contributed by atoms with Crippen molar-refractivity contribution < 1.29 is 8.42 Å². The molecule has 0 aliphatic carbocycles. The highest BCUT2D eigenvalue weighted by molar-refractivity contribution is 8.11. The molecular weight excluding hydrogens is 226 g/mol. The Morgan fingerprint density at radius 2 is 2.07 bits per heavy atom. The van der Waals surface area contributed by atoms with Crippen molar-refractivity contribution in [3.05, 3.63) is 10.6 Å². The summed E-state index contributed by atoms with van der Waals surface area (Å²) in [5.41, 5.74) is 0. The van der Waals surface area contributed by atoms with Crippen LogP contribution in [0.25, 0.3) is 0 Å². The van der Waals surface area contributed by atoms with E-state index in [1.807, 2.05) is 0 Å². The molecule has 0 aromatic carbocycles. The van der Waals surface area contributed by atoms with Crippen molar-refractivity contribution in [2.75, 3.05) is 26.2 Å². The van der Waals surface area contributed by atoms with Crippen LogP contribution in [0.5, 0.6) is 0 Å². The number of nitrogens with one attached hydrogen (secondary N) is 1. The minimum atomic E-state index is -3.49. The summed E-state index contributed by atoms with van der Waals surface area (Å²) >= 11 is 5.53. The number of aliphatic imine (C=N–C) groups is 1. The van der Waals surface area contributed by atoms with Gasteiger partial charge in [0.05, 0.1) is 6.20 Å². The fraction of sp³-hybridized carbons (Fsp3) is 0.571. The average Bonchev–Trinajstić information content (AvgIpc) is 2.44. The fourth-order valence-electron chi connectivity index (χ4n) is 1.44. The molecule has 0 radical (unpaired) electrons. The van der Waals surface area contributed by atoms with Crippen molar-refractivity contribution in [3.63, 3.8) is 0 Å². The standard InChI is InChI=1S/C7H10ClN3O2S/c8-6-5-10-7(14(6,12)13)11-3-1-9-2-4-11/h5,9H,1-4H2. The van der Waals surface area contributed by atoms with E-state index in [0.29, 0.717) is 13.1 Å². The van der Waals surface area contributed by atoms with Gasteiger partial charge in [0.1, 0.15) is 0 Å². The molecule has 2 aliphatic heterocycles. The Bertz CT molecular complexity index is 395. The molecule has 1 N–H and O–H groups in total. The first-order chi connectivity index (χ1) is 6.62. The molecule has 2 heterocycles. The summed E-state index contributed by atoms with van der Waals surface area (Å²) in [6.45, 7) is 2.84. The number of hydrogen-bond donors (Lipinski definition) is 1. The van der Waals surface area contributed by atoms with E-state index in [1.165, 1.54) is 6.20 Å². The Hall–Kier alpha value is -0.590. The molecule has 0 atom stereocenters. The number of sulfone groups is 1. The first-order valence-electron chi connectivity index (χ1n) is 4.26. The number of hydrogen-bond acceptors (Lipinski definition) is 5. The van der Waals surface area contributed by atoms with Crippen LogP contribution in [0.4, 0.5) is 0 Å². The topological polar surface area (TPSA) is 61.8 Å². The van der Waals surface area contributed by atoms with Gasteiger partial charge in [0.2, 0.25) is 5.17 Å². The van der Waals surface area contributed by atoms with E-state index in [2.05, 4.69) is 10.3 Å². The Balaban J connectivity index is 2.22. The van der Waals surface area contributed by atoms with Gasteiger partial charge in [-0.3, -0.25) is 0 Å². The van der Waals surface area contributed by atoms with Crippen LogP contribution in [0.1, 0.15) is 0 Å². The Kier molecular flexibility index (Phi) is 2.50. The van der Waals surface area contributed by atoms with Crippen molar-refractivity contribution in [1.29, 1.82) is 0 Å². The van der Waals surface area contributed by atoms with E-state index in [-0.39, 0.29) is 9.53 Å².